The normalized spacial score (nSPS) is 34.8. The monoisotopic (exact) mass is 692 g/mol. The van der Waals surface area contributed by atoms with E-state index in [2.05, 4.69) is 6.92 Å². The van der Waals surface area contributed by atoms with Crippen molar-refractivity contribution in [3.8, 4) is 0 Å². The summed E-state index contributed by atoms with van der Waals surface area (Å²) in [5, 5.41) is 0. The summed E-state index contributed by atoms with van der Waals surface area (Å²) < 4.78 is 36.9. The molecule has 49 heavy (non-hydrogen) atoms. The summed E-state index contributed by atoms with van der Waals surface area (Å²) >= 11 is 0. The standard InChI is InChI=1S/C21H32O6.C15H20O7/c1-5-20(2,3)19(24)26-11-17(22)25-12-18(23)27-21(4)15-7-13-6-14(9-15)10-16(21)8-13;1-4-15(2,3)14(18)19-6-9(16)21-11-8-5-7-10(20-8)12(11)22-13(7)17/h13-16H,5-12H2,1-4H3;7-8,10-12H,4-6H2,1-3H3. The highest BCUT2D eigenvalue weighted by Gasteiger charge is 2.65. The van der Waals surface area contributed by atoms with Gasteiger partial charge in [0.15, 0.2) is 32.0 Å². The zero-order valence-corrected chi connectivity index (χ0v) is 29.8. The molecule has 6 bridgehead atoms. The summed E-state index contributed by atoms with van der Waals surface area (Å²) in [4.78, 5) is 71.2. The number of carbonyl (C=O) groups is 6. The molecule has 0 spiro atoms. The van der Waals surface area contributed by atoms with Crippen molar-refractivity contribution in [2.75, 3.05) is 19.8 Å². The van der Waals surface area contributed by atoms with Gasteiger partial charge in [-0.2, -0.15) is 0 Å². The first-order valence-electron chi connectivity index (χ1n) is 17.7. The number of ether oxygens (including phenoxy) is 7. The predicted molar refractivity (Wildman–Crippen MR) is 169 cm³/mol. The van der Waals surface area contributed by atoms with E-state index in [0.29, 0.717) is 31.1 Å². The van der Waals surface area contributed by atoms with Gasteiger partial charge in [-0.25, -0.2) is 14.4 Å². The second-order valence-electron chi connectivity index (χ2n) is 16.1. The van der Waals surface area contributed by atoms with Crippen molar-refractivity contribution in [2.45, 2.75) is 130 Å². The van der Waals surface area contributed by atoms with Gasteiger partial charge in [0.2, 0.25) is 0 Å². The Kier molecular flexibility index (Phi) is 10.7. The minimum atomic E-state index is -0.734. The second-order valence-corrected chi connectivity index (χ2v) is 16.1. The lowest BCUT2D eigenvalue weighted by atomic mass is 9.50. The van der Waals surface area contributed by atoms with Gasteiger partial charge in [-0.15, -0.1) is 0 Å². The van der Waals surface area contributed by atoms with Gasteiger partial charge in [0.25, 0.3) is 0 Å². The Hall–Kier alpha value is -3.22. The van der Waals surface area contributed by atoms with Crippen molar-refractivity contribution < 1.29 is 61.9 Å². The van der Waals surface area contributed by atoms with Gasteiger partial charge in [-0.1, -0.05) is 13.8 Å². The summed E-state index contributed by atoms with van der Waals surface area (Å²) in [6.07, 6.45) is 5.88. The second kappa shape index (κ2) is 14.2. The van der Waals surface area contributed by atoms with Gasteiger partial charge in [0.05, 0.1) is 22.9 Å². The van der Waals surface area contributed by atoms with Crippen LogP contribution in [0.5, 0.6) is 0 Å². The molecule has 4 saturated carbocycles. The summed E-state index contributed by atoms with van der Waals surface area (Å²) in [6, 6.07) is 0. The Balaban J connectivity index is 0.000000195. The van der Waals surface area contributed by atoms with Crippen molar-refractivity contribution in [2.24, 2.45) is 40.4 Å². The van der Waals surface area contributed by atoms with Crippen LogP contribution in [0.2, 0.25) is 0 Å². The molecule has 0 N–H and O–H groups in total. The van der Waals surface area contributed by atoms with Gasteiger partial charge >= 0.3 is 35.8 Å². The zero-order chi connectivity index (χ0) is 35.9. The number of hydrogen-bond donors (Lipinski definition) is 0. The Morgan fingerprint density at radius 2 is 1.22 bits per heavy atom. The molecule has 13 heteroatoms. The van der Waals surface area contributed by atoms with E-state index in [4.69, 9.17) is 33.2 Å². The van der Waals surface area contributed by atoms with Crippen LogP contribution in [0.1, 0.15) is 99.8 Å². The fourth-order valence-corrected chi connectivity index (χ4v) is 8.24. The lowest BCUT2D eigenvalue weighted by Crippen LogP contribution is -2.58. The third-order valence-electron chi connectivity index (χ3n) is 12.0. The van der Waals surface area contributed by atoms with E-state index in [1.165, 1.54) is 6.42 Å². The van der Waals surface area contributed by atoms with E-state index < -0.39 is 78.3 Å². The Morgan fingerprint density at radius 1 is 0.714 bits per heavy atom. The van der Waals surface area contributed by atoms with Gasteiger partial charge < -0.3 is 33.2 Å². The predicted octanol–water partition coefficient (Wildman–Crippen LogP) is 3.86. The molecular weight excluding hydrogens is 640 g/mol. The Labute approximate surface area is 287 Å². The van der Waals surface area contributed by atoms with E-state index >= 15 is 0 Å². The van der Waals surface area contributed by atoms with Gasteiger partial charge in [-0.3, -0.25) is 14.4 Å². The van der Waals surface area contributed by atoms with Crippen LogP contribution in [0.25, 0.3) is 0 Å². The molecule has 7 rings (SSSR count). The summed E-state index contributed by atoms with van der Waals surface area (Å²) in [5.74, 6) is -0.883. The maximum absolute atomic E-state index is 12.3. The molecule has 7 fully saturated rings. The third kappa shape index (κ3) is 7.76. The molecule has 7 aliphatic rings. The van der Waals surface area contributed by atoms with Crippen LogP contribution in [0.15, 0.2) is 0 Å². The van der Waals surface area contributed by atoms with Crippen LogP contribution in [-0.4, -0.2) is 85.7 Å². The van der Waals surface area contributed by atoms with Crippen LogP contribution in [0, 0.1) is 40.4 Å². The largest absolute Gasteiger partial charge is 0.456 e. The van der Waals surface area contributed by atoms with Gasteiger partial charge in [-0.05, 0) is 110 Å². The molecule has 274 valence electrons. The van der Waals surface area contributed by atoms with Gasteiger partial charge in [0.1, 0.15) is 11.7 Å². The number of hydrogen-bond acceptors (Lipinski definition) is 13. The van der Waals surface area contributed by atoms with Crippen LogP contribution >= 0.6 is 0 Å². The quantitative estimate of drug-likeness (QED) is 0.214. The minimum Gasteiger partial charge on any atom is -0.456 e. The minimum absolute atomic E-state index is 0.229. The van der Waals surface area contributed by atoms with Crippen molar-refractivity contribution in [3.05, 3.63) is 0 Å². The van der Waals surface area contributed by atoms with Crippen molar-refractivity contribution in [1.29, 1.82) is 0 Å². The van der Waals surface area contributed by atoms with E-state index in [0.717, 1.165) is 37.5 Å². The van der Waals surface area contributed by atoms with Crippen LogP contribution in [0.3, 0.4) is 0 Å². The molecule has 13 nitrogen and oxygen atoms in total. The smallest absolute Gasteiger partial charge is 0.344 e. The molecule has 4 aliphatic carbocycles. The molecule has 0 radical (unpaired) electrons. The zero-order valence-electron chi connectivity index (χ0n) is 29.8. The van der Waals surface area contributed by atoms with Crippen LogP contribution in [0.4, 0.5) is 0 Å². The molecule has 0 aromatic carbocycles. The molecular formula is C36H52O13. The highest BCUT2D eigenvalue weighted by Crippen LogP contribution is 2.59. The van der Waals surface area contributed by atoms with Crippen molar-refractivity contribution in [3.63, 3.8) is 0 Å². The first kappa shape index (κ1) is 37.0. The average molecular weight is 693 g/mol. The molecule has 3 aliphatic heterocycles. The Morgan fingerprint density at radius 3 is 1.76 bits per heavy atom. The van der Waals surface area contributed by atoms with E-state index in [9.17, 15) is 28.8 Å². The highest BCUT2D eigenvalue weighted by atomic mass is 16.7. The summed E-state index contributed by atoms with van der Waals surface area (Å²) in [5.41, 5.74) is -1.72. The third-order valence-corrected chi connectivity index (χ3v) is 12.0. The summed E-state index contributed by atoms with van der Waals surface area (Å²) in [7, 11) is 0. The molecule has 0 aromatic rings. The number of rotatable bonds is 12. The fraction of sp³-hybridized carbons (Fsp3) is 0.833. The van der Waals surface area contributed by atoms with Gasteiger partial charge in [0, 0.05) is 0 Å². The average Bonchev–Trinajstić information content (AvgIpc) is 3.69. The topological polar surface area (TPSA) is 167 Å². The molecule has 3 saturated heterocycles. The van der Waals surface area contributed by atoms with Crippen molar-refractivity contribution in [1.82, 2.24) is 0 Å². The summed E-state index contributed by atoms with van der Waals surface area (Å²) in [6.45, 7) is 11.4. The van der Waals surface area contributed by atoms with E-state index in [1.807, 2.05) is 13.8 Å². The maximum atomic E-state index is 12.3. The molecule has 5 atom stereocenters. The molecule has 5 unspecified atom stereocenters. The van der Waals surface area contributed by atoms with Crippen LogP contribution in [-0.2, 0) is 61.9 Å². The van der Waals surface area contributed by atoms with E-state index in [-0.39, 0.29) is 24.1 Å². The first-order valence-corrected chi connectivity index (χ1v) is 17.7. The Bertz CT molecular complexity index is 1290. The maximum Gasteiger partial charge on any atom is 0.344 e. The lowest BCUT2D eigenvalue weighted by molar-refractivity contribution is -0.207. The number of esters is 6. The molecule has 0 amide bonds. The molecule has 3 heterocycles. The van der Waals surface area contributed by atoms with E-state index in [1.54, 1.807) is 27.7 Å². The lowest BCUT2D eigenvalue weighted by Gasteiger charge is -2.59. The number of fused-ring (bicyclic) bond motifs is 1. The highest BCUT2D eigenvalue weighted by molar-refractivity contribution is 5.82. The molecule has 0 aromatic heterocycles. The number of carbonyl (C=O) groups excluding carboxylic acids is 6. The van der Waals surface area contributed by atoms with Crippen molar-refractivity contribution >= 4 is 35.8 Å². The first-order chi connectivity index (χ1) is 23.0. The van der Waals surface area contributed by atoms with Crippen LogP contribution < -0.4 is 0 Å². The SMILES string of the molecule is CCC(C)(C)C(=O)OCC(=O)OC1C2CC3C(=O)OC1C3O2.CCC(C)(C)C(=O)OCC(=O)OCC(=O)OC1(C)C2CC3CC(C2)CC1C3. The fourth-order valence-electron chi connectivity index (χ4n) is 8.24.